The number of aromatic nitrogens is 2. The number of anilines is 2. The van der Waals surface area contributed by atoms with Gasteiger partial charge in [0.25, 0.3) is 0 Å². The Morgan fingerprint density at radius 1 is 1.50 bits per heavy atom. The molecule has 0 atom stereocenters. The number of amides is 1. The number of carbonyl (C=O) groups excluding carboxylic acids is 1. The van der Waals surface area contributed by atoms with Crippen LogP contribution in [0.1, 0.15) is 13.8 Å². The smallest absolute Gasteiger partial charge is 0.239 e. The largest absolute Gasteiger partial charge is 0.360 e. The maximum Gasteiger partial charge on any atom is 0.239 e. The molecule has 100 valence electrons. The van der Waals surface area contributed by atoms with Gasteiger partial charge >= 0.3 is 0 Å². The van der Waals surface area contributed by atoms with Crippen molar-refractivity contribution >= 4 is 29.3 Å². The van der Waals surface area contributed by atoms with Crippen LogP contribution in [-0.2, 0) is 4.79 Å². The van der Waals surface area contributed by atoms with Gasteiger partial charge in [-0.2, -0.15) is 4.98 Å². The van der Waals surface area contributed by atoms with Gasteiger partial charge in [-0.25, -0.2) is 4.98 Å². The highest BCUT2D eigenvalue weighted by Gasteiger charge is 2.07. The molecule has 0 aromatic carbocycles. The van der Waals surface area contributed by atoms with Crippen LogP contribution >= 0.6 is 11.6 Å². The summed E-state index contributed by atoms with van der Waals surface area (Å²) in [4.78, 5) is 19.6. The third kappa shape index (κ3) is 4.75. The zero-order valence-electron chi connectivity index (χ0n) is 10.7. The first-order valence-electron chi connectivity index (χ1n) is 5.73. The van der Waals surface area contributed by atoms with Crippen molar-refractivity contribution in [2.75, 3.05) is 30.8 Å². The summed E-state index contributed by atoms with van der Waals surface area (Å²) in [7, 11) is 1.71. The zero-order valence-corrected chi connectivity index (χ0v) is 11.5. The van der Waals surface area contributed by atoms with E-state index in [9.17, 15) is 4.79 Å². The average Bonchev–Trinajstić information content (AvgIpc) is 2.35. The molecule has 0 radical (unpaired) electrons. The molecule has 0 aliphatic heterocycles. The highest BCUT2D eigenvalue weighted by atomic mass is 35.5. The lowest BCUT2D eigenvalue weighted by Crippen LogP contribution is -2.32. The molecular formula is C11H18ClN5O. The molecule has 6 nitrogen and oxygen atoms in total. The van der Waals surface area contributed by atoms with Gasteiger partial charge in [-0.3, -0.25) is 4.79 Å². The molecule has 18 heavy (non-hydrogen) atoms. The number of hydrogen-bond acceptors (Lipinski definition) is 5. The summed E-state index contributed by atoms with van der Waals surface area (Å²) < 4.78 is 0. The normalized spacial score (nSPS) is 10.3. The molecule has 3 N–H and O–H groups in total. The van der Waals surface area contributed by atoms with E-state index in [0.717, 1.165) is 0 Å². The lowest BCUT2D eigenvalue weighted by atomic mass is 10.2. The van der Waals surface area contributed by atoms with E-state index in [4.69, 9.17) is 11.6 Å². The zero-order chi connectivity index (χ0) is 13.5. The molecule has 0 spiro atoms. The van der Waals surface area contributed by atoms with Crippen molar-refractivity contribution in [3.8, 4) is 0 Å². The van der Waals surface area contributed by atoms with Crippen molar-refractivity contribution in [1.82, 2.24) is 15.3 Å². The Morgan fingerprint density at radius 2 is 2.22 bits per heavy atom. The standard InChI is InChI=1S/C11H18ClN5O/c1-7(2)4-14-9(18)6-15-10-8(12)5-16-11(13-3)17-10/h5,7H,4,6H2,1-3H3,(H,14,18)(H2,13,15,16,17). The Kier molecular flexibility index (Phi) is 5.64. The van der Waals surface area contributed by atoms with Gasteiger partial charge in [0.05, 0.1) is 12.7 Å². The Balaban J connectivity index is 2.50. The van der Waals surface area contributed by atoms with Gasteiger partial charge in [0.15, 0.2) is 5.82 Å². The number of carbonyl (C=O) groups is 1. The quantitative estimate of drug-likeness (QED) is 0.728. The summed E-state index contributed by atoms with van der Waals surface area (Å²) in [5.74, 6) is 1.22. The van der Waals surface area contributed by atoms with Crippen LogP contribution in [0.15, 0.2) is 6.20 Å². The lowest BCUT2D eigenvalue weighted by molar-refractivity contribution is -0.119. The molecule has 1 heterocycles. The fourth-order valence-corrected chi connectivity index (χ4v) is 1.31. The molecule has 0 saturated carbocycles. The molecule has 0 bridgehead atoms. The average molecular weight is 272 g/mol. The van der Waals surface area contributed by atoms with Crippen molar-refractivity contribution in [1.29, 1.82) is 0 Å². The Labute approximate surface area is 112 Å². The van der Waals surface area contributed by atoms with Crippen molar-refractivity contribution in [3.63, 3.8) is 0 Å². The van der Waals surface area contributed by atoms with Crippen molar-refractivity contribution in [2.45, 2.75) is 13.8 Å². The van der Waals surface area contributed by atoms with Gasteiger partial charge in [-0.15, -0.1) is 0 Å². The summed E-state index contributed by atoms with van der Waals surface area (Å²) in [6, 6.07) is 0. The van der Waals surface area contributed by atoms with E-state index in [1.165, 1.54) is 6.20 Å². The van der Waals surface area contributed by atoms with Crippen molar-refractivity contribution in [2.24, 2.45) is 5.92 Å². The monoisotopic (exact) mass is 271 g/mol. The number of rotatable bonds is 6. The van der Waals surface area contributed by atoms with Gasteiger partial charge in [0.2, 0.25) is 11.9 Å². The summed E-state index contributed by atoms with van der Waals surface area (Å²) in [5.41, 5.74) is 0. The Bertz CT molecular complexity index is 410. The van der Waals surface area contributed by atoms with Crippen LogP contribution in [0.5, 0.6) is 0 Å². The van der Waals surface area contributed by atoms with E-state index in [0.29, 0.717) is 29.3 Å². The molecule has 0 aliphatic rings. The van der Waals surface area contributed by atoms with E-state index in [1.54, 1.807) is 7.05 Å². The van der Waals surface area contributed by atoms with Crippen LogP contribution in [-0.4, -0.2) is 36.0 Å². The van der Waals surface area contributed by atoms with E-state index < -0.39 is 0 Å². The summed E-state index contributed by atoms with van der Waals surface area (Å²) in [6.45, 7) is 4.86. The highest BCUT2D eigenvalue weighted by molar-refractivity contribution is 6.32. The van der Waals surface area contributed by atoms with Crippen molar-refractivity contribution in [3.05, 3.63) is 11.2 Å². The molecule has 1 rings (SSSR count). The minimum atomic E-state index is -0.0932. The summed E-state index contributed by atoms with van der Waals surface area (Å²) in [6.07, 6.45) is 1.48. The van der Waals surface area contributed by atoms with Gasteiger partial charge in [-0.1, -0.05) is 25.4 Å². The predicted octanol–water partition coefficient (Wildman–Crippen LogP) is 1.36. The van der Waals surface area contributed by atoms with Crippen LogP contribution in [0.4, 0.5) is 11.8 Å². The number of nitrogens with zero attached hydrogens (tertiary/aromatic N) is 2. The molecule has 1 aromatic heterocycles. The second-order valence-electron chi connectivity index (χ2n) is 4.19. The molecule has 0 unspecified atom stereocenters. The van der Waals surface area contributed by atoms with Crippen LogP contribution in [0.3, 0.4) is 0 Å². The van der Waals surface area contributed by atoms with Gasteiger partial charge in [0.1, 0.15) is 5.02 Å². The SMILES string of the molecule is CNc1ncc(Cl)c(NCC(=O)NCC(C)C)n1. The number of nitrogens with one attached hydrogen (secondary N) is 3. The maximum absolute atomic E-state index is 11.5. The van der Waals surface area contributed by atoms with Crippen LogP contribution in [0.25, 0.3) is 0 Å². The van der Waals surface area contributed by atoms with E-state index in [-0.39, 0.29) is 12.5 Å². The summed E-state index contributed by atoms with van der Waals surface area (Å²) in [5, 5.41) is 8.85. The Morgan fingerprint density at radius 3 is 2.83 bits per heavy atom. The van der Waals surface area contributed by atoms with Gasteiger partial charge in [0, 0.05) is 13.6 Å². The molecule has 1 aromatic rings. The number of halogens is 1. The molecule has 1 amide bonds. The fourth-order valence-electron chi connectivity index (χ4n) is 1.16. The third-order valence-electron chi connectivity index (χ3n) is 2.09. The molecule has 7 heteroatoms. The van der Waals surface area contributed by atoms with Crippen LogP contribution in [0, 0.1) is 5.92 Å². The molecule has 0 saturated heterocycles. The van der Waals surface area contributed by atoms with Gasteiger partial charge in [-0.05, 0) is 5.92 Å². The van der Waals surface area contributed by atoms with Crippen LogP contribution < -0.4 is 16.0 Å². The highest BCUT2D eigenvalue weighted by Crippen LogP contribution is 2.18. The Hall–Kier alpha value is -1.56. The minimum absolute atomic E-state index is 0.0932. The first kappa shape index (κ1) is 14.5. The summed E-state index contributed by atoms with van der Waals surface area (Å²) >= 11 is 5.92. The van der Waals surface area contributed by atoms with Crippen molar-refractivity contribution < 1.29 is 4.79 Å². The lowest BCUT2D eigenvalue weighted by Gasteiger charge is -2.10. The van der Waals surface area contributed by atoms with E-state index >= 15 is 0 Å². The first-order valence-corrected chi connectivity index (χ1v) is 6.11. The molecule has 0 fully saturated rings. The number of hydrogen-bond donors (Lipinski definition) is 3. The fraction of sp³-hybridized carbons (Fsp3) is 0.545. The minimum Gasteiger partial charge on any atom is -0.360 e. The topological polar surface area (TPSA) is 78.9 Å². The molecule has 0 aliphatic carbocycles. The molecular weight excluding hydrogens is 254 g/mol. The second kappa shape index (κ2) is 7.00. The van der Waals surface area contributed by atoms with Gasteiger partial charge < -0.3 is 16.0 Å². The third-order valence-corrected chi connectivity index (χ3v) is 2.37. The second-order valence-corrected chi connectivity index (χ2v) is 4.60. The van der Waals surface area contributed by atoms with Crippen LogP contribution in [0.2, 0.25) is 5.02 Å². The predicted molar refractivity (Wildman–Crippen MR) is 72.9 cm³/mol. The van der Waals surface area contributed by atoms with E-state index in [1.807, 2.05) is 13.8 Å². The first-order chi connectivity index (χ1) is 8.52. The van der Waals surface area contributed by atoms with E-state index in [2.05, 4.69) is 25.9 Å². The maximum atomic E-state index is 11.5.